The number of nitrogens with zero attached hydrogens (tertiary/aromatic N) is 2. The second-order valence-corrected chi connectivity index (χ2v) is 9.34. The van der Waals surface area contributed by atoms with E-state index in [0.29, 0.717) is 25.1 Å². The van der Waals surface area contributed by atoms with E-state index in [1.54, 1.807) is 4.90 Å². The third-order valence-electron chi connectivity index (χ3n) is 6.85. The van der Waals surface area contributed by atoms with Crippen LogP contribution in [0.2, 0.25) is 0 Å². The Balaban J connectivity index is 1.38. The van der Waals surface area contributed by atoms with Gasteiger partial charge in [-0.2, -0.15) is 13.2 Å². The number of hydrogen-bond acceptors (Lipinski definition) is 4. The highest BCUT2D eigenvalue weighted by atomic mass is 19.4. The third kappa shape index (κ3) is 5.44. The van der Waals surface area contributed by atoms with E-state index >= 15 is 0 Å². The van der Waals surface area contributed by atoms with Crippen LogP contribution < -0.4 is 20.9 Å². The van der Waals surface area contributed by atoms with Gasteiger partial charge < -0.3 is 20.9 Å². The minimum absolute atomic E-state index is 0.00410. The number of piperidine rings is 1. The molecule has 8 nitrogen and oxygen atoms in total. The van der Waals surface area contributed by atoms with Gasteiger partial charge >= 0.3 is 12.2 Å². The average Bonchev–Trinajstić information content (AvgIpc) is 3.62. The Labute approximate surface area is 206 Å². The minimum Gasteiger partial charge on any atom is -0.353 e. The molecule has 0 bridgehead atoms. The zero-order chi connectivity index (χ0) is 26.1. The first-order valence-electron chi connectivity index (χ1n) is 11.8. The van der Waals surface area contributed by atoms with Gasteiger partial charge in [0.2, 0.25) is 11.8 Å². The molecule has 4 amide bonds. The number of rotatable bonds is 6. The molecule has 1 aromatic carbocycles. The summed E-state index contributed by atoms with van der Waals surface area (Å²) in [7, 11) is 0. The van der Waals surface area contributed by atoms with E-state index in [0.717, 1.165) is 36.7 Å². The number of alkyl halides is 3. The largest absolute Gasteiger partial charge is 0.433 e. The van der Waals surface area contributed by atoms with Crippen LogP contribution in [0, 0.1) is 0 Å². The number of anilines is 2. The van der Waals surface area contributed by atoms with Crippen LogP contribution in [0.1, 0.15) is 50.8 Å². The van der Waals surface area contributed by atoms with Crippen molar-refractivity contribution in [2.45, 2.75) is 63.2 Å². The molecule has 2 aliphatic rings. The first-order valence-corrected chi connectivity index (χ1v) is 11.8. The maximum atomic E-state index is 13.1. The molecule has 1 aromatic heterocycles. The summed E-state index contributed by atoms with van der Waals surface area (Å²) in [6.07, 6.45) is -0.580. The fourth-order valence-electron chi connectivity index (χ4n) is 4.75. The van der Waals surface area contributed by atoms with E-state index in [1.807, 2.05) is 31.2 Å². The van der Waals surface area contributed by atoms with Crippen molar-refractivity contribution in [2.24, 2.45) is 0 Å². The molecule has 1 saturated heterocycles. The summed E-state index contributed by atoms with van der Waals surface area (Å²) in [6, 6.07) is 8.13. The molecule has 0 spiro atoms. The Morgan fingerprint density at radius 3 is 2.39 bits per heavy atom. The molecule has 36 heavy (non-hydrogen) atoms. The van der Waals surface area contributed by atoms with E-state index in [1.165, 1.54) is 6.92 Å². The number of urea groups is 1. The molecule has 1 aliphatic heterocycles. The van der Waals surface area contributed by atoms with E-state index in [9.17, 15) is 27.6 Å². The van der Waals surface area contributed by atoms with Crippen molar-refractivity contribution in [3.05, 3.63) is 53.9 Å². The topological polar surface area (TPSA) is 103 Å². The van der Waals surface area contributed by atoms with Crippen molar-refractivity contribution < 1.29 is 27.6 Å². The van der Waals surface area contributed by atoms with Gasteiger partial charge in [-0.1, -0.05) is 12.1 Å². The Morgan fingerprint density at radius 1 is 1.14 bits per heavy atom. The standard InChI is InChI=1S/C25H28F3N5O3/c1-15(30-16(2)34)24(11-12-24)17-5-8-19(9-6-17)33-13-3-4-20(22(33)35)32-23(36)31-18-7-10-21(29-14-18)25(26,27)28/h5-10,14-15,20H,3-4,11-13H2,1-2H3,(H,30,34)(H2,31,32,36). The first kappa shape index (κ1) is 25.5. The van der Waals surface area contributed by atoms with Crippen molar-refractivity contribution in [3.63, 3.8) is 0 Å². The lowest BCUT2D eigenvalue weighted by Crippen LogP contribution is -2.53. The van der Waals surface area contributed by atoms with Crippen LogP contribution in [-0.4, -0.2) is 41.5 Å². The summed E-state index contributed by atoms with van der Waals surface area (Å²) in [5.41, 5.74) is 0.751. The summed E-state index contributed by atoms with van der Waals surface area (Å²) in [6.45, 7) is 4.01. The van der Waals surface area contributed by atoms with Gasteiger partial charge in [-0.3, -0.25) is 9.59 Å². The van der Waals surface area contributed by atoms with Crippen LogP contribution in [0.15, 0.2) is 42.6 Å². The molecule has 11 heteroatoms. The summed E-state index contributed by atoms with van der Waals surface area (Å²) in [5.74, 6) is -0.330. The molecule has 2 fully saturated rings. The quantitative estimate of drug-likeness (QED) is 0.555. The SMILES string of the molecule is CC(=O)NC(C)C1(c2ccc(N3CCCC(NC(=O)Nc4ccc(C(F)(F)F)nc4)C3=O)cc2)CC1. The van der Waals surface area contributed by atoms with Crippen LogP contribution in [0.3, 0.4) is 0 Å². The molecular weight excluding hydrogens is 475 g/mol. The van der Waals surface area contributed by atoms with Gasteiger partial charge in [-0.15, -0.1) is 0 Å². The highest BCUT2D eigenvalue weighted by Gasteiger charge is 2.49. The van der Waals surface area contributed by atoms with Gasteiger partial charge in [-0.05, 0) is 62.4 Å². The van der Waals surface area contributed by atoms with Crippen molar-refractivity contribution in [2.75, 3.05) is 16.8 Å². The normalized spacial score (nSPS) is 19.9. The summed E-state index contributed by atoms with van der Waals surface area (Å²) >= 11 is 0. The Kier molecular flexibility index (Phi) is 6.92. The molecule has 1 aliphatic carbocycles. The number of benzene rings is 1. The lowest BCUT2D eigenvalue weighted by atomic mass is 9.88. The predicted octanol–water partition coefficient (Wildman–Crippen LogP) is 3.97. The lowest BCUT2D eigenvalue weighted by Gasteiger charge is -2.33. The Bertz CT molecular complexity index is 1130. The molecule has 1 saturated carbocycles. The van der Waals surface area contributed by atoms with Crippen LogP contribution in [0.5, 0.6) is 0 Å². The Hall–Kier alpha value is -3.63. The zero-order valence-electron chi connectivity index (χ0n) is 20.0. The number of nitrogens with one attached hydrogen (secondary N) is 3. The lowest BCUT2D eigenvalue weighted by molar-refractivity contribution is -0.141. The summed E-state index contributed by atoms with van der Waals surface area (Å²) < 4.78 is 38.0. The van der Waals surface area contributed by atoms with Crippen molar-refractivity contribution >= 4 is 29.2 Å². The van der Waals surface area contributed by atoms with Gasteiger partial charge in [0.1, 0.15) is 11.7 Å². The second-order valence-electron chi connectivity index (χ2n) is 9.34. The molecule has 0 radical (unpaired) electrons. The van der Waals surface area contributed by atoms with E-state index in [2.05, 4.69) is 20.9 Å². The van der Waals surface area contributed by atoms with Gasteiger partial charge in [-0.25, -0.2) is 9.78 Å². The Morgan fingerprint density at radius 2 is 1.83 bits per heavy atom. The minimum atomic E-state index is -4.57. The molecule has 4 rings (SSSR count). The maximum Gasteiger partial charge on any atom is 0.433 e. The molecule has 192 valence electrons. The summed E-state index contributed by atoms with van der Waals surface area (Å²) in [5, 5.41) is 8.00. The number of pyridine rings is 1. The molecular formula is C25H28F3N5O3. The van der Waals surface area contributed by atoms with E-state index in [4.69, 9.17) is 0 Å². The fraction of sp³-hybridized carbons (Fsp3) is 0.440. The smallest absolute Gasteiger partial charge is 0.353 e. The highest BCUT2D eigenvalue weighted by Crippen LogP contribution is 2.51. The number of aromatic nitrogens is 1. The highest BCUT2D eigenvalue weighted by molar-refractivity contribution is 6.01. The molecule has 2 atom stereocenters. The van der Waals surface area contributed by atoms with Crippen molar-refractivity contribution in [1.82, 2.24) is 15.6 Å². The van der Waals surface area contributed by atoms with Crippen molar-refractivity contribution in [1.29, 1.82) is 0 Å². The van der Waals surface area contributed by atoms with Gasteiger partial charge in [0.25, 0.3) is 0 Å². The van der Waals surface area contributed by atoms with Crippen molar-refractivity contribution in [3.8, 4) is 0 Å². The zero-order valence-corrected chi connectivity index (χ0v) is 20.0. The van der Waals surface area contributed by atoms with E-state index < -0.39 is 23.9 Å². The number of amides is 4. The molecule has 2 unspecified atom stereocenters. The van der Waals surface area contributed by atoms with Crippen LogP contribution in [0.4, 0.5) is 29.3 Å². The average molecular weight is 504 g/mol. The fourth-order valence-corrected chi connectivity index (χ4v) is 4.75. The van der Waals surface area contributed by atoms with E-state index in [-0.39, 0.29) is 29.0 Å². The first-order chi connectivity index (χ1) is 17.0. The molecule has 3 N–H and O–H groups in total. The van der Waals surface area contributed by atoms with Crippen LogP contribution in [-0.2, 0) is 21.2 Å². The third-order valence-corrected chi connectivity index (χ3v) is 6.85. The number of carbonyl (C=O) groups excluding carboxylic acids is 3. The second kappa shape index (κ2) is 9.79. The maximum absolute atomic E-state index is 13.1. The van der Waals surface area contributed by atoms with Gasteiger partial charge in [0.15, 0.2) is 0 Å². The van der Waals surface area contributed by atoms with Gasteiger partial charge in [0, 0.05) is 30.6 Å². The predicted molar refractivity (Wildman–Crippen MR) is 127 cm³/mol. The monoisotopic (exact) mass is 503 g/mol. The molecule has 2 heterocycles. The number of halogens is 3. The van der Waals surface area contributed by atoms with Gasteiger partial charge in [0.05, 0.1) is 11.9 Å². The van der Waals surface area contributed by atoms with Crippen LogP contribution >= 0.6 is 0 Å². The number of carbonyl (C=O) groups is 3. The van der Waals surface area contributed by atoms with Crippen LogP contribution in [0.25, 0.3) is 0 Å². The number of hydrogen-bond donors (Lipinski definition) is 3. The summed E-state index contributed by atoms with van der Waals surface area (Å²) in [4.78, 5) is 41.9. The molecule has 2 aromatic rings.